The number of H-pyrrole nitrogens is 1. The number of carboxylic acid groups (broad SMARTS) is 1. The molecule has 2 N–H and O–H groups in total. The Bertz CT molecular complexity index is 735. The number of aromatic amines is 1. The van der Waals surface area contributed by atoms with Gasteiger partial charge in [0.15, 0.2) is 0 Å². The molecule has 5 nitrogen and oxygen atoms in total. The molecule has 1 atom stereocenters. The highest BCUT2D eigenvalue weighted by atomic mass is 35.5. The van der Waals surface area contributed by atoms with Gasteiger partial charge in [0.25, 0.3) is 0 Å². The van der Waals surface area contributed by atoms with Crippen LogP contribution in [0.5, 0.6) is 0 Å². The number of hydrogen-bond donors (Lipinski definition) is 2. The maximum atomic E-state index is 14.0. The predicted octanol–water partition coefficient (Wildman–Crippen LogP) is 2.87. The fourth-order valence-electron chi connectivity index (χ4n) is 2.61. The number of aromatic nitrogens is 2. The summed E-state index contributed by atoms with van der Waals surface area (Å²) in [5.41, 5.74) is 1.75. The Morgan fingerprint density at radius 1 is 1.50 bits per heavy atom. The molecule has 0 fully saturated rings. The minimum Gasteiger partial charge on any atom is -0.480 e. The van der Waals surface area contributed by atoms with Gasteiger partial charge in [-0.15, -0.1) is 0 Å². The van der Waals surface area contributed by atoms with Crippen molar-refractivity contribution in [2.75, 3.05) is 0 Å². The Labute approximate surface area is 135 Å². The molecule has 1 aliphatic rings. The van der Waals surface area contributed by atoms with Crippen LogP contribution in [0.3, 0.4) is 0 Å². The number of benzene rings is 1. The van der Waals surface area contributed by atoms with E-state index in [0.717, 1.165) is 11.4 Å². The largest absolute Gasteiger partial charge is 0.480 e. The van der Waals surface area contributed by atoms with Crippen molar-refractivity contribution in [1.82, 2.24) is 14.9 Å². The number of nitrogens with one attached hydrogen (secondary N) is 1. The van der Waals surface area contributed by atoms with Crippen LogP contribution in [-0.2, 0) is 24.3 Å². The van der Waals surface area contributed by atoms with Crippen LogP contribution < -0.4 is 0 Å². The summed E-state index contributed by atoms with van der Waals surface area (Å²) in [6.07, 6.45) is 1.79. The molecule has 2 heterocycles. The molecule has 0 radical (unpaired) electrons. The maximum Gasteiger partial charge on any atom is 0.321 e. The molecule has 0 saturated heterocycles. The van der Waals surface area contributed by atoms with E-state index in [1.165, 1.54) is 18.5 Å². The molecule has 1 aromatic carbocycles. The smallest absolute Gasteiger partial charge is 0.321 e. The van der Waals surface area contributed by atoms with Gasteiger partial charge in [-0.25, -0.2) is 9.37 Å². The minimum atomic E-state index is -0.979. The van der Waals surface area contributed by atoms with E-state index in [1.807, 2.05) is 0 Å². The lowest BCUT2D eigenvalue weighted by Crippen LogP contribution is -2.45. The fourth-order valence-corrected chi connectivity index (χ4v) is 3.00. The van der Waals surface area contributed by atoms with E-state index >= 15 is 0 Å². The molecular weight excluding hydrogens is 332 g/mol. The third-order valence-electron chi connectivity index (χ3n) is 3.78. The predicted molar refractivity (Wildman–Crippen MR) is 79.4 cm³/mol. The van der Waals surface area contributed by atoms with E-state index in [9.17, 15) is 14.3 Å². The lowest BCUT2D eigenvalue weighted by atomic mass is 10.0. The summed E-state index contributed by atoms with van der Waals surface area (Å²) in [5, 5.41) is 9.76. The minimum absolute atomic E-state index is 0.0562. The molecule has 1 aliphatic heterocycles. The molecule has 116 valence electrons. The summed E-state index contributed by atoms with van der Waals surface area (Å²) in [7, 11) is 0. The van der Waals surface area contributed by atoms with Gasteiger partial charge in [-0.3, -0.25) is 9.69 Å². The van der Waals surface area contributed by atoms with Crippen LogP contribution in [0.1, 0.15) is 17.0 Å². The zero-order valence-corrected chi connectivity index (χ0v) is 12.8. The Morgan fingerprint density at radius 2 is 2.27 bits per heavy atom. The molecule has 0 aliphatic carbocycles. The second kappa shape index (κ2) is 5.87. The van der Waals surface area contributed by atoms with Gasteiger partial charge in [0.2, 0.25) is 0 Å². The molecule has 1 aromatic heterocycles. The number of nitrogens with zero attached hydrogens (tertiary/aromatic N) is 2. The number of aliphatic carboxylic acids is 1. The Balaban J connectivity index is 1.94. The van der Waals surface area contributed by atoms with Gasteiger partial charge >= 0.3 is 5.97 Å². The molecule has 3 rings (SSSR count). The lowest BCUT2D eigenvalue weighted by Gasteiger charge is -2.32. The van der Waals surface area contributed by atoms with Crippen molar-refractivity contribution in [3.8, 4) is 0 Å². The van der Waals surface area contributed by atoms with Crippen LogP contribution in [0.25, 0.3) is 0 Å². The number of rotatable bonds is 3. The third-order valence-corrected chi connectivity index (χ3v) is 4.62. The number of carbonyl (C=O) groups is 1. The second-order valence-electron chi connectivity index (χ2n) is 5.11. The first-order chi connectivity index (χ1) is 10.5. The van der Waals surface area contributed by atoms with Gasteiger partial charge < -0.3 is 10.1 Å². The lowest BCUT2D eigenvalue weighted by molar-refractivity contribution is -0.144. The Hall–Kier alpha value is -1.63. The van der Waals surface area contributed by atoms with Gasteiger partial charge in [-0.2, -0.15) is 0 Å². The van der Waals surface area contributed by atoms with Gasteiger partial charge in [-0.05, 0) is 12.1 Å². The van der Waals surface area contributed by atoms with Crippen molar-refractivity contribution in [1.29, 1.82) is 0 Å². The molecule has 1 unspecified atom stereocenters. The normalized spacial score (nSPS) is 18.2. The molecule has 0 saturated carbocycles. The van der Waals surface area contributed by atoms with Crippen LogP contribution in [0.4, 0.5) is 4.39 Å². The van der Waals surface area contributed by atoms with Crippen molar-refractivity contribution >= 4 is 29.2 Å². The van der Waals surface area contributed by atoms with Crippen LogP contribution in [-0.4, -0.2) is 32.0 Å². The van der Waals surface area contributed by atoms with Gasteiger partial charge in [0.05, 0.1) is 27.8 Å². The van der Waals surface area contributed by atoms with Crippen molar-refractivity contribution in [3.05, 3.63) is 51.3 Å². The molecule has 8 heteroatoms. The zero-order valence-electron chi connectivity index (χ0n) is 11.3. The van der Waals surface area contributed by atoms with Gasteiger partial charge in [-0.1, -0.05) is 23.2 Å². The van der Waals surface area contributed by atoms with E-state index in [2.05, 4.69) is 9.97 Å². The fraction of sp³-hybridized carbons (Fsp3) is 0.286. The SMILES string of the molecule is O=C(O)C1Cc2nc[nH]c2CN1Cc1c(F)ccc(Cl)c1Cl. The van der Waals surface area contributed by atoms with Crippen molar-refractivity contribution in [2.45, 2.75) is 25.6 Å². The van der Waals surface area contributed by atoms with E-state index in [1.54, 1.807) is 4.90 Å². The summed E-state index contributed by atoms with van der Waals surface area (Å²) in [5.74, 6) is -1.49. The van der Waals surface area contributed by atoms with Crippen molar-refractivity contribution in [2.24, 2.45) is 0 Å². The number of carboxylic acids is 1. The van der Waals surface area contributed by atoms with Gasteiger partial charge in [0, 0.05) is 25.1 Å². The van der Waals surface area contributed by atoms with Crippen molar-refractivity contribution in [3.63, 3.8) is 0 Å². The average Bonchev–Trinajstić information content (AvgIpc) is 2.93. The summed E-state index contributed by atoms with van der Waals surface area (Å²) < 4.78 is 14.0. The quantitative estimate of drug-likeness (QED) is 0.840. The first kappa shape index (κ1) is 15.3. The number of fused-ring (bicyclic) bond motifs is 1. The topological polar surface area (TPSA) is 69.2 Å². The molecule has 22 heavy (non-hydrogen) atoms. The zero-order chi connectivity index (χ0) is 15.9. The summed E-state index contributed by atoms with van der Waals surface area (Å²) >= 11 is 12.0. The highest BCUT2D eigenvalue weighted by Gasteiger charge is 2.33. The average molecular weight is 344 g/mol. The van der Waals surface area contributed by atoms with E-state index in [0.29, 0.717) is 6.54 Å². The van der Waals surface area contributed by atoms with Crippen LogP contribution >= 0.6 is 23.2 Å². The van der Waals surface area contributed by atoms with Crippen LogP contribution in [0.15, 0.2) is 18.5 Å². The molecule has 0 spiro atoms. The Kier molecular flexibility index (Phi) is 4.08. The number of halogens is 3. The van der Waals surface area contributed by atoms with Crippen LogP contribution in [0, 0.1) is 5.82 Å². The second-order valence-corrected chi connectivity index (χ2v) is 5.90. The van der Waals surface area contributed by atoms with E-state index in [4.69, 9.17) is 23.2 Å². The number of hydrogen-bond acceptors (Lipinski definition) is 3. The first-order valence-corrected chi connectivity index (χ1v) is 7.33. The first-order valence-electron chi connectivity index (χ1n) is 6.57. The standard InChI is InChI=1S/C14H12Cl2FN3O2/c15-8-1-2-9(17)7(13(8)16)4-20-5-11-10(18-6-19-11)3-12(20)14(21)22/h1-2,6,12H,3-5H2,(H,18,19)(H,21,22). The van der Waals surface area contributed by atoms with Crippen molar-refractivity contribution < 1.29 is 14.3 Å². The maximum absolute atomic E-state index is 14.0. The molecule has 0 amide bonds. The summed E-state index contributed by atoms with van der Waals surface area (Å²) in [6, 6.07) is 1.82. The highest BCUT2D eigenvalue weighted by Crippen LogP contribution is 2.31. The number of imidazole rings is 1. The molecular formula is C14H12Cl2FN3O2. The molecule has 2 aromatic rings. The Morgan fingerprint density at radius 3 is 3.00 bits per heavy atom. The monoisotopic (exact) mass is 343 g/mol. The van der Waals surface area contributed by atoms with E-state index < -0.39 is 17.8 Å². The van der Waals surface area contributed by atoms with Crippen LogP contribution in [0.2, 0.25) is 10.0 Å². The highest BCUT2D eigenvalue weighted by molar-refractivity contribution is 6.42. The van der Waals surface area contributed by atoms with Gasteiger partial charge in [0.1, 0.15) is 11.9 Å². The summed E-state index contributed by atoms with van der Waals surface area (Å²) in [6.45, 7) is 0.384. The third kappa shape index (κ3) is 2.69. The summed E-state index contributed by atoms with van der Waals surface area (Å²) in [4.78, 5) is 20.2. The molecule has 0 bridgehead atoms. The van der Waals surface area contributed by atoms with E-state index in [-0.39, 0.29) is 28.6 Å².